The molecule has 2 atom stereocenters. The molecule has 122 valence electrons. The fourth-order valence-corrected chi connectivity index (χ4v) is 2.76. The number of rotatable bonds is 6. The molecule has 2 rings (SSSR count). The maximum atomic E-state index is 12.2. The summed E-state index contributed by atoms with van der Waals surface area (Å²) in [5.41, 5.74) is 2.16. The molecule has 5 heteroatoms. The van der Waals surface area contributed by atoms with Crippen molar-refractivity contribution >= 4 is 29.1 Å². The van der Waals surface area contributed by atoms with Crippen LogP contribution < -0.4 is 10.2 Å². The number of hydrogen-bond donors (Lipinski definition) is 2. The molecule has 0 bridgehead atoms. The maximum Gasteiger partial charge on any atom is 0.275 e. The molecule has 23 heavy (non-hydrogen) atoms. The van der Waals surface area contributed by atoms with Crippen molar-refractivity contribution in [1.82, 2.24) is 5.32 Å². The number of halogens is 2. The van der Waals surface area contributed by atoms with Crippen molar-refractivity contribution in [2.24, 2.45) is 0 Å². The lowest BCUT2D eigenvalue weighted by atomic mass is 10.1. The first-order valence-corrected chi connectivity index (χ1v) is 8.30. The van der Waals surface area contributed by atoms with Gasteiger partial charge in [-0.25, -0.2) is 0 Å². The molecule has 0 aliphatic carbocycles. The number of hydrogen-bond acceptors (Lipinski definition) is 1. The zero-order valence-corrected chi connectivity index (χ0v) is 14.8. The minimum Gasteiger partial charge on any atom is -0.345 e. The predicted molar refractivity (Wildman–Crippen MR) is 94.9 cm³/mol. The smallest absolute Gasteiger partial charge is 0.275 e. The SMILES string of the molecule is C[C@@H](NC(=O)C[NH+](C)Cc1ccc(Cl)cc1)c1cccc(Cl)c1. The van der Waals surface area contributed by atoms with Crippen molar-refractivity contribution in [3.8, 4) is 0 Å². The van der Waals surface area contributed by atoms with Crippen LogP contribution in [0.1, 0.15) is 24.1 Å². The van der Waals surface area contributed by atoms with Crippen molar-refractivity contribution in [2.75, 3.05) is 13.6 Å². The van der Waals surface area contributed by atoms with E-state index in [1.807, 2.05) is 62.5 Å². The van der Waals surface area contributed by atoms with Gasteiger partial charge in [0.2, 0.25) is 0 Å². The first-order chi connectivity index (χ1) is 10.9. The topological polar surface area (TPSA) is 33.5 Å². The van der Waals surface area contributed by atoms with Crippen LogP contribution in [0.15, 0.2) is 48.5 Å². The van der Waals surface area contributed by atoms with Crippen molar-refractivity contribution in [1.29, 1.82) is 0 Å². The van der Waals surface area contributed by atoms with E-state index < -0.39 is 0 Å². The number of benzene rings is 2. The molecule has 3 nitrogen and oxygen atoms in total. The predicted octanol–water partition coefficient (Wildman–Crippen LogP) is 2.89. The summed E-state index contributed by atoms with van der Waals surface area (Å²) in [6.45, 7) is 3.14. The Kier molecular flexibility index (Phi) is 6.46. The molecule has 0 fully saturated rings. The van der Waals surface area contributed by atoms with E-state index in [0.717, 1.165) is 27.6 Å². The Morgan fingerprint density at radius 1 is 1.13 bits per heavy atom. The zero-order chi connectivity index (χ0) is 16.8. The minimum absolute atomic E-state index is 0.0175. The molecule has 2 aromatic rings. The first-order valence-electron chi connectivity index (χ1n) is 7.54. The van der Waals surface area contributed by atoms with Crippen LogP contribution in [0.4, 0.5) is 0 Å². The van der Waals surface area contributed by atoms with Gasteiger partial charge in [0.25, 0.3) is 5.91 Å². The monoisotopic (exact) mass is 351 g/mol. The van der Waals surface area contributed by atoms with Crippen LogP contribution in [0.25, 0.3) is 0 Å². The molecule has 0 aromatic heterocycles. The summed E-state index contributed by atoms with van der Waals surface area (Å²) in [5, 5.41) is 4.41. The highest BCUT2D eigenvalue weighted by molar-refractivity contribution is 6.30. The quantitative estimate of drug-likeness (QED) is 0.824. The number of nitrogens with one attached hydrogen (secondary N) is 2. The van der Waals surface area contributed by atoms with Gasteiger partial charge in [-0.2, -0.15) is 0 Å². The molecule has 0 aliphatic heterocycles. The van der Waals surface area contributed by atoms with Crippen molar-refractivity contribution in [2.45, 2.75) is 19.5 Å². The number of quaternary nitrogens is 1. The van der Waals surface area contributed by atoms with E-state index in [1.165, 1.54) is 0 Å². The summed E-state index contributed by atoms with van der Waals surface area (Å²) >= 11 is 11.9. The van der Waals surface area contributed by atoms with E-state index in [9.17, 15) is 4.79 Å². The Hall–Kier alpha value is -1.55. The molecule has 0 heterocycles. The lowest BCUT2D eigenvalue weighted by molar-refractivity contribution is -0.885. The van der Waals surface area contributed by atoms with Crippen LogP contribution in [-0.4, -0.2) is 19.5 Å². The average Bonchev–Trinajstić information content (AvgIpc) is 2.49. The second kappa shape index (κ2) is 8.34. The summed E-state index contributed by atoms with van der Waals surface area (Å²) in [5.74, 6) is 0.0175. The third-order valence-electron chi connectivity index (χ3n) is 3.61. The third-order valence-corrected chi connectivity index (χ3v) is 4.09. The van der Waals surface area contributed by atoms with Gasteiger partial charge >= 0.3 is 0 Å². The molecule has 2 aromatic carbocycles. The Morgan fingerprint density at radius 3 is 2.48 bits per heavy atom. The third kappa shape index (κ3) is 5.87. The van der Waals surface area contributed by atoms with E-state index in [0.29, 0.717) is 11.6 Å². The molecular weight excluding hydrogens is 331 g/mol. The van der Waals surface area contributed by atoms with E-state index in [4.69, 9.17) is 23.2 Å². The van der Waals surface area contributed by atoms with Crippen LogP contribution in [-0.2, 0) is 11.3 Å². The van der Waals surface area contributed by atoms with Crippen molar-refractivity contribution in [3.63, 3.8) is 0 Å². The largest absolute Gasteiger partial charge is 0.345 e. The summed E-state index contributed by atoms with van der Waals surface area (Å²) in [7, 11) is 2.00. The van der Waals surface area contributed by atoms with Crippen molar-refractivity contribution in [3.05, 3.63) is 69.7 Å². The Morgan fingerprint density at radius 2 is 1.83 bits per heavy atom. The van der Waals surface area contributed by atoms with Gasteiger partial charge in [0, 0.05) is 15.6 Å². The molecule has 0 saturated heterocycles. The van der Waals surface area contributed by atoms with Crippen LogP contribution in [0.3, 0.4) is 0 Å². The fourth-order valence-electron chi connectivity index (χ4n) is 2.44. The normalized spacial score (nSPS) is 13.4. The van der Waals surface area contributed by atoms with Gasteiger partial charge in [-0.1, -0.05) is 47.5 Å². The highest BCUT2D eigenvalue weighted by atomic mass is 35.5. The summed E-state index contributed by atoms with van der Waals surface area (Å²) in [6.07, 6.45) is 0. The highest BCUT2D eigenvalue weighted by Gasteiger charge is 2.14. The average molecular weight is 352 g/mol. The summed E-state index contributed by atoms with van der Waals surface area (Å²) in [6, 6.07) is 15.2. The summed E-state index contributed by atoms with van der Waals surface area (Å²) < 4.78 is 0. The Balaban J connectivity index is 1.85. The van der Waals surface area contributed by atoms with Crippen LogP contribution >= 0.6 is 23.2 Å². The van der Waals surface area contributed by atoms with E-state index >= 15 is 0 Å². The van der Waals surface area contributed by atoms with Gasteiger partial charge in [-0.05, 0) is 36.8 Å². The number of carbonyl (C=O) groups is 1. The molecule has 0 radical (unpaired) electrons. The maximum absolute atomic E-state index is 12.2. The zero-order valence-electron chi connectivity index (χ0n) is 13.3. The van der Waals surface area contributed by atoms with Gasteiger partial charge in [-0.3, -0.25) is 4.79 Å². The van der Waals surface area contributed by atoms with Gasteiger partial charge in [0.05, 0.1) is 13.1 Å². The molecule has 0 spiro atoms. The number of likely N-dealkylation sites (N-methyl/N-ethyl adjacent to an activating group) is 1. The number of carbonyl (C=O) groups excluding carboxylic acids is 1. The van der Waals surface area contributed by atoms with E-state index in [2.05, 4.69) is 5.32 Å². The standard InChI is InChI=1S/C18H20Cl2N2O/c1-13(15-4-3-5-17(20)10-15)21-18(23)12-22(2)11-14-6-8-16(19)9-7-14/h3-10,13H,11-12H2,1-2H3,(H,21,23)/p+1/t13-/m1/s1. The van der Waals surface area contributed by atoms with Crippen LogP contribution in [0.5, 0.6) is 0 Å². The van der Waals surface area contributed by atoms with Gasteiger partial charge in [0.1, 0.15) is 6.54 Å². The number of amides is 1. The lowest BCUT2D eigenvalue weighted by Gasteiger charge is -2.17. The molecule has 1 unspecified atom stereocenters. The van der Waals surface area contributed by atoms with Gasteiger partial charge in [0.15, 0.2) is 6.54 Å². The molecule has 1 amide bonds. The fraction of sp³-hybridized carbons (Fsp3) is 0.278. The molecule has 0 saturated carbocycles. The van der Waals surface area contributed by atoms with Crippen molar-refractivity contribution < 1.29 is 9.69 Å². The molecule has 2 N–H and O–H groups in total. The van der Waals surface area contributed by atoms with E-state index in [-0.39, 0.29) is 11.9 Å². The van der Waals surface area contributed by atoms with Crippen LogP contribution in [0.2, 0.25) is 10.0 Å². The second-order valence-corrected chi connectivity index (χ2v) is 6.65. The minimum atomic E-state index is -0.0652. The summed E-state index contributed by atoms with van der Waals surface area (Å²) in [4.78, 5) is 13.3. The lowest BCUT2D eigenvalue weighted by Crippen LogP contribution is -3.08. The first kappa shape index (κ1) is 17.8. The highest BCUT2D eigenvalue weighted by Crippen LogP contribution is 2.17. The molecular formula is C18H21Cl2N2O+. The van der Waals surface area contributed by atoms with Gasteiger partial charge < -0.3 is 10.2 Å². The Bertz CT molecular complexity index is 658. The van der Waals surface area contributed by atoms with E-state index in [1.54, 1.807) is 0 Å². The Labute approximate surface area is 147 Å². The molecule has 0 aliphatic rings. The van der Waals surface area contributed by atoms with Crippen LogP contribution in [0, 0.1) is 0 Å². The second-order valence-electron chi connectivity index (χ2n) is 5.78. The van der Waals surface area contributed by atoms with Gasteiger partial charge in [-0.15, -0.1) is 0 Å².